The molecule has 1 aromatic heterocycles. The number of rotatable bonds is 5. The molecule has 6 nitrogen and oxygen atoms in total. The van der Waals surface area contributed by atoms with E-state index in [1.807, 2.05) is 18.2 Å². The minimum atomic E-state index is -0.102. The van der Waals surface area contributed by atoms with Crippen molar-refractivity contribution in [3.63, 3.8) is 0 Å². The molecule has 1 aliphatic rings. The van der Waals surface area contributed by atoms with Gasteiger partial charge in [0, 0.05) is 13.1 Å². The lowest BCUT2D eigenvalue weighted by Gasteiger charge is -2.32. The molecule has 132 valence electrons. The van der Waals surface area contributed by atoms with Crippen LogP contribution in [-0.2, 0) is 6.42 Å². The average molecular weight is 361 g/mol. The topological polar surface area (TPSA) is 67.4 Å². The van der Waals surface area contributed by atoms with Crippen molar-refractivity contribution in [1.82, 2.24) is 20.2 Å². The summed E-state index contributed by atoms with van der Waals surface area (Å²) in [5, 5.41) is 3.44. The minimum absolute atomic E-state index is 0.0544. The lowest BCUT2D eigenvalue weighted by atomic mass is 10.1. The molecule has 1 unspecified atom stereocenters. The smallest absolute Gasteiger partial charge is 0.317 e. The molecule has 1 aliphatic heterocycles. The maximum absolute atomic E-state index is 12.3. The summed E-state index contributed by atoms with van der Waals surface area (Å²) in [5.41, 5.74) is 1.21. The Morgan fingerprint density at radius 3 is 2.80 bits per heavy atom. The van der Waals surface area contributed by atoms with E-state index in [4.69, 9.17) is 16.3 Å². The van der Waals surface area contributed by atoms with E-state index in [9.17, 15) is 4.79 Å². The predicted octanol–water partition coefficient (Wildman–Crippen LogP) is 2.93. The van der Waals surface area contributed by atoms with E-state index in [1.165, 1.54) is 18.0 Å². The second-order valence-electron chi connectivity index (χ2n) is 5.98. The van der Waals surface area contributed by atoms with Crippen molar-refractivity contribution < 1.29 is 9.53 Å². The second-order valence-corrected chi connectivity index (χ2v) is 6.42. The van der Waals surface area contributed by atoms with Crippen molar-refractivity contribution >= 4 is 17.6 Å². The van der Waals surface area contributed by atoms with Crippen molar-refractivity contribution in [3.05, 3.63) is 53.3 Å². The highest BCUT2D eigenvalue weighted by Gasteiger charge is 2.25. The molecule has 7 heteroatoms. The van der Waals surface area contributed by atoms with Crippen LogP contribution in [0, 0.1) is 0 Å². The number of halogens is 1. The van der Waals surface area contributed by atoms with Crippen molar-refractivity contribution in [1.29, 1.82) is 0 Å². The van der Waals surface area contributed by atoms with Gasteiger partial charge in [-0.05, 0) is 24.8 Å². The lowest BCUT2D eigenvalue weighted by Crippen LogP contribution is -2.49. The SMILES string of the molecule is O=C(NCCc1ccccc1)N1CCCC(Oc2ncc(Cl)cn2)C1. The standard InChI is InChI=1S/C18H21ClN4O2/c19-15-11-21-17(22-12-15)25-16-7-4-10-23(13-16)18(24)20-9-8-14-5-2-1-3-6-14/h1-3,5-6,11-12,16H,4,7-10,13H2,(H,20,24). The van der Waals surface area contributed by atoms with Gasteiger partial charge in [0.2, 0.25) is 0 Å². The van der Waals surface area contributed by atoms with Gasteiger partial charge in [-0.15, -0.1) is 0 Å². The van der Waals surface area contributed by atoms with Crippen LogP contribution in [0.1, 0.15) is 18.4 Å². The Hall–Kier alpha value is -2.34. The summed E-state index contributed by atoms with van der Waals surface area (Å²) < 4.78 is 5.76. The molecule has 0 radical (unpaired) electrons. The van der Waals surface area contributed by atoms with E-state index < -0.39 is 0 Å². The quantitative estimate of drug-likeness (QED) is 0.890. The molecule has 0 saturated carbocycles. The van der Waals surface area contributed by atoms with Crippen molar-refractivity contribution in [2.75, 3.05) is 19.6 Å². The van der Waals surface area contributed by atoms with Crippen LogP contribution in [0.15, 0.2) is 42.7 Å². The first-order chi connectivity index (χ1) is 12.2. The number of nitrogens with one attached hydrogen (secondary N) is 1. The number of carbonyl (C=O) groups is 1. The first-order valence-corrected chi connectivity index (χ1v) is 8.79. The largest absolute Gasteiger partial charge is 0.458 e. The monoisotopic (exact) mass is 360 g/mol. The zero-order valence-corrected chi connectivity index (χ0v) is 14.7. The fraction of sp³-hybridized carbons (Fsp3) is 0.389. The van der Waals surface area contributed by atoms with Gasteiger partial charge in [0.05, 0.1) is 24.0 Å². The molecule has 1 aromatic carbocycles. The van der Waals surface area contributed by atoms with Crippen molar-refractivity contribution in [2.24, 2.45) is 0 Å². The molecular formula is C18H21ClN4O2. The zero-order valence-electron chi connectivity index (χ0n) is 13.9. The predicted molar refractivity (Wildman–Crippen MR) is 95.8 cm³/mol. The van der Waals surface area contributed by atoms with Crippen LogP contribution in [0.4, 0.5) is 4.79 Å². The number of benzene rings is 1. The molecule has 1 N–H and O–H groups in total. The molecule has 0 spiro atoms. The molecule has 3 rings (SSSR count). The second kappa shape index (κ2) is 8.67. The molecule has 1 saturated heterocycles. The Bertz CT molecular complexity index is 681. The van der Waals surface area contributed by atoms with Crippen LogP contribution in [0.25, 0.3) is 0 Å². The number of ether oxygens (including phenoxy) is 1. The Balaban J connectivity index is 1.45. The Kier molecular flexibility index (Phi) is 6.06. The summed E-state index contributed by atoms with van der Waals surface area (Å²) in [4.78, 5) is 22.2. The Labute approximate surface area is 152 Å². The van der Waals surface area contributed by atoms with Crippen molar-refractivity contribution in [3.8, 4) is 6.01 Å². The van der Waals surface area contributed by atoms with E-state index in [0.717, 1.165) is 25.8 Å². The highest BCUT2D eigenvalue weighted by Crippen LogP contribution is 2.16. The van der Waals surface area contributed by atoms with Crippen LogP contribution < -0.4 is 10.1 Å². The van der Waals surface area contributed by atoms with Crippen LogP contribution >= 0.6 is 11.6 Å². The van der Waals surface area contributed by atoms with E-state index in [1.54, 1.807) is 4.90 Å². The summed E-state index contributed by atoms with van der Waals surface area (Å²) in [5.74, 6) is 0. The summed E-state index contributed by atoms with van der Waals surface area (Å²) in [6, 6.07) is 10.3. The van der Waals surface area contributed by atoms with Gasteiger partial charge in [-0.2, -0.15) is 0 Å². The fourth-order valence-corrected chi connectivity index (χ4v) is 2.90. The molecule has 0 aliphatic carbocycles. The van der Waals surface area contributed by atoms with E-state index in [-0.39, 0.29) is 12.1 Å². The fourth-order valence-electron chi connectivity index (χ4n) is 2.80. The molecule has 2 heterocycles. The van der Waals surface area contributed by atoms with Gasteiger partial charge in [-0.1, -0.05) is 41.9 Å². The van der Waals surface area contributed by atoms with Gasteiger partial charge in [0.15, 0.2) is 0 Å². The Morgan fingerprint density at radius 2 is 2.04 bits per heavy atom. The summed E-state index contributed by atoms with van der Waals surface area (Å²) in [6.07, 6.45) is 5.49. The minimum Gasteiger partial charge on any atom is -0.458 e. The van der Waals surface area contributed by atoms with Gasteiger partial charge in [0.25, 0.3) is 0 Å². The number of likely N-dealkylation sites (tertiary alicyclic amines) is 1. The molecule has 0 bridgehead atoms. The highest BCUT2D eigenvalue weighted by atomic mass is 35.5. The van der Waals surface area contributed by atoms with Gasteiger partial charge >= 0.3 is 12.0 Å². The van der Waals surface area contributed by atoms with Crippen LogP contribution in [-0.4, -0.2) is 46.6 Å². The summed E-state index contributed by atoms with van der Waals surface area (Å²) in [6.45, 7) is 1.88. The number of amides is 2. The van der Waals surface area contributed by atoms with Crippen molar-refractivity contribution in [2.45, 2.75) is 25.4 Å². The number of hydrogen-bond donors (Lipinski definition) is 1. The number of carbonyl (C=O) groups excluding carboxylic acids is 1. The normalized spacial score (nSPS) is 17.2. The molecule has 25 heavy (non-hydrogen) atoms. The highest BCUT2D eigenvalue weighted by molar-refractivity contribution is 6.30. The molecule has 1 atom stereocenters. The third-order valence-electron chi connectivity index (χ3n) is 4.07. The van der Waals surface area contributed by atoms with Crippen LogP contribution in [0.5, 0.6) is 6.01 Å². The molecule has 1 fully saturated rings. The van der Waals surface area contributed by atoms with Gasteiger partial charge in [-0.3, -0.25) is 0 Å². The van der Waals surface area contributed by atoms with E-state index >= 15 is 0 Å². The lowest BCUT2D eigenvalue weighted by molar-refractivity contribution is 0.0940. The van der Waals surface area contributed by atoms with Crippen LogP contribution in [0.3, 0.4) is 0 Å². The number of nitrogens with zero attached hydrogens (tertiary/aromatic N) is 3. The summed E-state index contributed by atoms with van der Waals surface area (Å²) >= 11 is 5.77. The first-order valence-electron chi connectivity index (χ1n) is 8.41. The van der Waals surface area contributed by atoms with Crippen LogP contribution in [0.2, 0.25) is 5.02 Å². The number of urea groups is 1. The number of hydrogen-bond acceptors (Lipinski definition) is 4. The third-order valence-corrected chi connectivity index (χ3v) is 4.26. The number of piperidine rings is 1. The van der Waals surface area contributed by atoms with Gasteiger partial charge < -0.3 is 15.0 Å². The van der Waals surface area contributed by atoms with E-state index in [0.29, 0.717) is 24.1 Å². The first kappa shape index (κ1) is 17.5. The maximum Gasteiger partial charge on any atom is 0.317 e. The van der Waals surface area contributed by atoms with E-state index in [2.05, 4.69) is 27.4 Å². The average Bonchev–Trinajstić information content (AvgIpc) is 2.65. The molecular weight excluding hydrogens is 340 g/mol. The van der Waals surface area contributed by atoms with Gasteiger partial charge in [0.1, 0.15) is 6.10 Å². The van der Waals surface area contributed by atoms with Gasteiger partial charge in [-0.25, -0.2) is 14.8 Å². The molecule has 2 amide bonds. The zero-order chi connectivity index (χ0) is 17.5. The number of aromatic nitrogens is 2. The Morgan fingerprint density at radius 1 is 1.28 bits per heavy atom. The maximum atomic E-state index is 12.3. The molecule has 2 aromatic rings. The third kappa shape index (κ3) is 5.32. The summed E-state index contributed by atoms with van der Waals surface area (Å²) in [7, 11) is 0.